The lowest BCUT2D eigenvalue weighted by atomic mass is 9.89. The highest BCUT2D eigenvalue weighted by molar-refractivity contribution is 4.93. The minimum absolute atomic E-state index is 0.590. The molecule has 8 unspecified atom stereocenters. The van der Waals surface area contributed by atoms with E-state index in [4.69, 9.17) is 18.9 Å². The Bertz CT molecular complexity index is 579. The zero-order valence-corrected chi connectivity index (χ0v) is 19.9. The first-order chi connectivity index (χ1) is 15.8. The van der Waals surface area contributed by atoms with Crippen LogP contribution in [0.25, 0.3) is 0 Å². The van der Waals surface area contributed by atoms with Gasteiger partial charge >= 0.3 is 0 Å². The number of rotatable bonds is 8. The van der Waals surface area contributed by atoms with Crippen molar-refractivity contribution in [2.24, 2.45) is 23.7 Å². The minimum Gasteiger partial charge on any atom is -0.381 e. The van der Waals surface area contributed by atoms with E-state index in [9.17, 15) is 0 Å². The summed E-state index contributed by atoms with van der Waals surface area (Å²) >= 11 is 0. The molecule has 2 saturated carbocycles. The average Bonchev–Trinajstić information content (AvgIpc) is 3.75. The van der Waals surface area contributed by atoms with E-state index < -0.39 is 0 Å². The molecular formula is C28H44O4. The van der Waals surface area contributed by atoms with Crippen molar-refractivity contribution in [1.29, 1.82) is 0 Å². The van der Waals surface area contributed by atoms with Crippen LogP contribution in [-0.2, 0) is 18.9 Å². The lowest BCUT2D eigenvalue weighted by molar-refractivity contribution is 0.0547. The van der Waals surface area contributed by atoms with Crippen LogP contribution < -0.4 is 0 Å². The number of hydrogen-bond acceptors (Lipinski definition) is 4. The third-order valence-electron chi connectivity index (χ3n) is 8.39. The summed E-state index contributed by atoms with van der Waals surface area (Å²) in [5.74, 6) is 3.09. The smallest absolute Gasteiger partial charge is 0.0845 e. The molecule has 6 aliphatic rings. The van der Waals surface area contributed by atoms with Crippen LogP contribution in [0, 0.1) is 23.7 Å². The van der Waals surface area contributed by atoms with Crippen molar-refractivity contribution >= 4 is 0 Å². The highest BCUT2D eigenvalue weighted by Crippen LogP contribution is 2.41. The van der Waals surface area contributed by atoms with Crippen LogP contribution in [0.3, 0.4) is 0 Å². The zero-order valence-electron chi connectivity index (χ0n) is 19.9. The molecule has 0 aromatic carbocycles. The summed E-state index contributed by atoms with van der Waals surface area (Å²) in [4.78, 5) is 0. The molecule has 6 rings (SSSR count). The fourth-order valence-corrected chi connectivity index (χ4v) is 6.09. The Hall–Kier alpha value is -0.680. The second kappa shape index (κ2) is 11.6. The van der Waals surface area contributed by atoms with E-state index in [0.29, 0.717) is 24.4 Å². The van der Waals surface area contributed by atoms with Gasteiger partial charge in [0.1, 0.15) is 0 Å². The molecule has 0 radical (unpaired) electrons. The summed E-state index contributed by atoms with van der Waals surface area (Å²) in [6, 6.07) is 0. The summed E-state index contributed by atoms with van der Waals surface area (Å²) in [5, 5.41) is 0. The maximum absolute atomic E-state index is 5.94. The SMILES string of the molecule is C1=CCC(COCC2CC=CCC2)CC1.C1CC2OC2CC1COCC1CCC2OC2C1. The first-order valence-corrected chi connectivity index (χ1v) is 13.6. The quantitative estimate of drug-likeness (QED) is 0.348. The molecule has 0 spiro atoms. The van der Waals surface area contributed by atoms with E-state index in [2.05, 4.69) is 24.3 Å². The average molecular weight is 445 g/mol. The van der Waals surface area contributed by atoms with Crippen molar-refractivity contribution < 1.29 is 18.9 Å². The van der Waals surface area contributed by atoms with Gasteiger partial charge in [0.15, 0.2) is 0 Å². The Morgan fingerprint density at radius 1 is 0.500 bits per heavy atom. The molecular weight excluding hydrogens is 400 g/mol. The lowest BCUT2D eigenvalue weighted by Gasteiger charge is -2.22. The van der Waals surface area contributed by atoms with Crippen molar-refractivity contribution in [3.05, 3.63) is 24.3 Å². The molecule has 4 fully saturated rings. The molecule has 8 atom stereocenters. The number of ether oxygens (including phenoxy) is 4. The van der Waals surface area contributed by atoms with Gasteiger partial charge in [-0.2, -0.15) is 0 Å². The van der Waals surface area contributed by atoms with Gasteiger partial charge in [0, 0.05) is 26.4 Å². The third-order valence-corrected chi connectivity index (χ3v) is 8.39. The van der Waals surface area contributed by atoms with Crippen LogP contribution in [0.2, 0.25) is 0 Å². The first kappa shape index (κ1) is 23.1. The van der Waals surface area contributed by atoms with E-state index >= 15 is 0 Å². The Labute approximate surface area is 195 Å². The number of hydrogen-bond donors (Lipinski definition) is 0. The zero-order chi connectivity index (χ0) is 21.6. The summed E-state index contributed by atoms with van der Waals surface area (Å²) in [5.41, 5.74) is 0. The molecule has 4 nitrogen and oxygen atoms in total. The molecule has 0 amide bonds. The van der Waals surface area contributed by atoms with Gasteiger partial charge in [-0.1, -0.05) is 24.3 Å². The van der Waals surface area contributed by atoms with Crippen LogP contribution in [-0.4, -0.2) is 50.8 Å². The van der Waals surface area contributed by atoms with Crippen LogP contribution in [0.5, 0.6) is 0 Å². The molecule has 2 heterocycles. The van der Waals surface area contributed by atoms with Gasteiger partial charge in [-0.3, -0.25) is 0 Å². The van der Waals surface area contributed by atoms with Crippen LogP contribution in [0.15, 0.2) is 24.3 Å². The maximum Gasteiger partial charge on any atom is 0.0845 e. The number of epoxide rings is 2. The standard InChI is InChI=1S/C14H22O3.C14H22O/c1-3-11-13(16-11)5-9(1)7-15-8-10-2-4-12-14(6-10)17-12;1-3-7-13(8-4-1)11-15-12-14-9-5-2-6-10-14/h9-14H,1-8H2;1-3,5,13-14H,4,6-12H2. The predicted molar refractivity (Wildman–Crippen MR) is 127 cm³/mol. The second-order valence-electron chi connectivity index (χ2n) is 11.2. The molecule has 180 valence electrons. The Morgan fingerprint density at radius 3 is 1.38 bits per heavy atom. The van der Waals surface area contributed by atoms with Gasteiger partial charge in [-0.25, -0.2) is 0 Å². The van der Waals surface area contributed by atoms with Crippen molar-refractivity contribution in [2.45, 2.75) is 101 Å². The third kappa shape index (κ3) is 7.16. The summed E-state index contributed by atoms with van der Waals surface area (Å²) in [6.07, 6.45) is 26.8. The largest absolute Gasteiger partial charge is 0.381 e. The Balaban J connectivity index is 0.000000136. The monoisotopic (exact) mass is 444 g/mol. The molecule has 0 bridgehead atoms. The van der Waals surface area contributed by atoms with Gasteiger partial charge in [0.05, 0.1) is 24.4 Å². The van der Waals surface area contributed by atoms with Gasteiger partial charge in [0.25, 0.3) is 0 Å². The maximum atomic E-state index is 5.94. The van der Waals surface area contributed by atoms with E-state index in [1.807, 2.05) is 0 Å². The van der Waals surface area contributed by atoms with E-state index in [-0.39, 0.29) is 0 Å². The van der Waals surface area contributed by atoms with E-state index in [1.165, 1.54) is 77.0 Å². The fourth-order valence-electron chi connectivity index (χ4n) is 6.09. The topological polar surface area (TPSA) is 43.5 Å². The van der Waals surface area contributed by atoms with Crippen LogP contribution in [0.1, 0.15) is 77.0 Å². The molecule has 0 aromatic heterocycles. The molecule has 4 aliphatic carbocycles. The molecule has 4 heteroatoms. The van der Waals surface area contributed by atoms with Crippen molar-refractivity contribution in [1.82, 2.24) is 0 Å². The van der Waals surface area contributed by atoms with Crippen molar-refractivity contribution in [3.8, 4) is 0 Å². The second-order valence-corrected chi connectivity index (χ2v) is 11.2. The molecule has 2 aliphatic heterocycles. The van der Waals surface area contributed by atoms with Gasteiger partial charge in [-0.15, -0.1) is 0 Å². The van der Waals surface area contributed by atoms with Crippen molar-refractivity contribution in [2.75, 3.05) is 26.4 Å². The highest BCUT2D eigenvalue weighted by Gasteiger charge is 2.45. The highest BCUT2D eigenvalue weighted by atomic mass is 16.6. The summed E-state index contributed by atoms with van der Waals surface area (Å²) < 4.78 is 22.9. The lowest BCUT2D eigenvalue weighted by Crippen LogP contribution is -2.22. The Kier molecular flexibility index (Phi) is 8.40. The minimum atomic E-state index is 0.590. The summed E-state index contributed by atoms with van der Waals surface area (Å²) in [7, 11) is 0. The first-order valence-electron chi connectivity index (χ1n) is 13.6. The molecule has 2 saturated heterocycles. The van der Waals surface area contributed by atoms with Gasteiger partial charge in [-0.05, 0) is 101 Å². The number of allylic oxidation sites excluding steroid dienone is 4. The predicted octanol–water partition coefficient (Wildman–Crippen LogP) is 5.85. The van der Waals surface area contributed by atoms with E-state index in [1.54, 1.807) is 0 Å². The van der Waals surface area contributed by atoms with Crippen LogP contribution in [0.4, 0.5) is 0 Å². The van der Waals surface area contributed by atoms with E-state index in [0.717, 1.165) is 50.1 Å². The molecule has 32 heavy (non-hydrogen) atoms. The summed E-state index contributed by atoms with van der Waals surface area (Å²) in [6.45, 7) is 3.87. The van der Waals surface area contributed by atoms with Gasteiger partial charge in [0.2, 0.25) is 0 Å². The number of fused-ring (bicyclic) bond motifs is 2. The fraction of sp³-hybridized carbons (Fsp3) is 0.857. The normalized spacial score (nSPS) is 41.8. The van der Waals surface area contributed by atoms with Crippen LogP contribution >= 0.6 is 0 Å². The van der Waals surface area contributed by atoms with Crippen molar-refractivity contribution in [3.63, 3.8) is 0 Å². The van der Waals surface area contributed by atoms with Gasteiger partial charge < -0.3 is 18.9 Å². The molecule has 0 aromatic rings. The molecule has 0 N–H and O–H groups in total. The Morgan fingerprint density at radius 2 is 0.969 bits per heavy atom.